The number of carbonyl (C=O) groups excluding carboxylic acids is 1. The first kappa shape index (κ1) is 14.3. The molecule has 2 aromatic heterocycles. The summed E-state index contributed by atoms with van der Waals surface area (Å²) in [5.74, 6) is 1.15. The van der Waals surface area contributed by atoms with Crippen LogP contribution in [0, 0.1) is 13.8 Å². The molecule has 2 aromatic rings. The number of rotatable bonds is 5. The highest BCUT2D eigenvalue weighted by Gasteiger charge is 2.21. The highest BCUT2D eigenvalue weighted by Crippen LogP contribution is 2.17. The summed E-state index contributed by atoms with van der Waals surface area (Å²) in [5, 5.41) is 7.06. The Balaban J connectivity index is 2.18. The number of aryl methyl sites for hydroxylation is 3. The Labute approximate surface area is 117 Å². The largest absolute Gasteiger partial charge is 0.466 e. The summed E-state index contributed by atoms with van der Waals surface area (Å²) >= 11 is 0. The van der Waals surface area contributed by atoms with Gasteiger partial charge in [0.25, 0.3) is 5.91 Å². The maximum atomic E-state index is 12.3. The molecule has 2 heterocycles. The van der Waals surface area contributed by atoms with Crippen LogP contribution in [-0.2, 0) is 11.8 Å². The van der Waals surface area contributed by atoms with Crippen LogP contribution < -0.4 is 5.32 Å². The molecule has 0 aliphatic rings. The fourth-order valence-electron chi connectivity index (χ4n) is 2.19. The second-order valence-electron chi connectivity index (χ2n) is 4.69. The van der Waals surface area contributed by atoms with Crippen LogP contribution >= 0.6 is 0 Å². The van der Waals surface area contributed by atoms with E-state index in [9.17, 15) is 4.79 Å². The lowest BCUT2D eigenvalue weighted by atomic mass is 10.1. The van der Waals surface area contributed by atoms with Gasteiger partial charge in [-0.1, -0.05) is 0 Å². The SMILES string of the molecule is COC[C@@H](NC(=O)c1cc(C)oc1C)c1ccnn1C. The molecular formula is C14H19N3O3. The van der Waals surface area contributed by atoms with Crippen LogP contribution in [0.1, 0.15) is 33.6 Å². The van der Waals surface area contributed by atoms with Crippen LogP contribution in [0.4, 0.5) is 0 Å². The summed E-state index contributed by atoms with van der Waals surface area (Å²) in [4.78, 5) is 12.3. The molecule has 6 heteroatoms. The quantitative estimate of drug-likeness (QED) is 0.904. The van der Waals surface area contributed by atoms with Crippen LogP contribution in [0.2, 0.25) is 0 Å². The van der Waals surface area contributed by atoms with E-state index < -0.39 is 0 Å². The van der Waals surface area contributed by atoms with E-state index in [0.717, 1.165) is 11.5 Å². The van der Waals surface area contributed by atoms with E-state index in [1.54, 1.807) is 31.0 Å². The standard InChI is InChI=1S/C14H19N3O3/c1-9-7-11(10(2)20-9)14(18)16-12(8-19-4)13-5-6-15-17(13)3/h5-7,12H,8H2,1-4H3,(H,16,18)/t12-/m1/s1. The number of nitrogens with zero attached hydrogens (tertiary/aromatic N) is 2. The maximum Gasteiger partial charge on any atom is 0.255 e. The van der Waals surface area contributed by atoms with Crippen molar-refractivity contribution in [2.75, 3.05) is 13.7 Å². The smallest absolute Gasteiger partial charge is 0.255 e. The molecule has 1 amide bonds. The number of nitrogens with one attached hydrogen (secondary N) is 1. The maximum absolute atomic E-state index is 12.3. The van der Waals surface area contributed by atoms with E-state index in [2.05, 4.69) is 10.4 Å². The number of aromatic nitrogens is 2. The van der Waals surface area contributed by atoms with E-state index >= 15 is 0 Å². The summed E-state index contributed by atoms with van der Waals surface area (Å²) < 4.78 is 12.3. The molecule has 20 heavy (non-hydrogen) atoms. The molecule has 0 saturated heterocycles. The minimum Gasteiger partial charge on any atom is -0.466 e. The first-order valence-electron chi connectivity index (χ1n) is 6.37. The van der Waals surface area contributed by atoms with Crippen molar-refractivity contribution in [2.45, 2.75) is 19.9 Å². The van der Waals surface area contributed by atoms with Gasteiger partial charge in [-0.15, -0.1) is 0 Å². The first-order valence-corrected chi connectivity index (χ1v) is 6.37. The molecule has 1 atom stereocenters. The van der Waals surface area contributed by atoms with Gasteiger partial charge in [-0.25, -0.2) is 0 Å². The van der Waals surface area contributed by atoms with Gasteiger partial charge >= 0.3 is 0 Å². The molecule has 0 saturated carbocycles. The average Bonchev–Trinajstić information content (AvgIpc) is 2.94. The lowest BCUT2D eigenvalue weighted by Gasteiger charge is -2.18. The van der Waals surface area contributed by atoms with Gasteiger partial charge in [0.05, 0.1) is 23.9 Å². The van der Waals surface area contributed by atoms with Gasteiger partial charge in [0.15, 0.2) is 0 Å². The van der Waals surface area contributed by atoms with E-state index in [4.69, 9.17) is 9.15 Å². The molecule has 0 spiro atoms. The molecule has 0 aromatic carbocycles. The van der Waals surface area contributed by atoms with Crippen LogP contribution in [0.3, 0.4) is 0 Å². The van der Waals surface area contributed by atoms with Crippen molar-refractivity contribution in [1.82, 2.24) is 15.1 Å². The molecule has 0 fully saturated rings. The van der Waals surface area contributed by atoms with Crippen LogP contribution in [-0.4, -0.2) is 29.4 Å². The Morgan fingerprint density at radius 2 is 2.30 bits per heavy atom. The highest BCUT2D eigenvalue weighted by molar-refractivity contribution is 5.95. The Bertz CT molecular complexity index is 601. The van der Waals surface area contributed by atoms with Crippen molar-refractivity contribution in [1.29, 1.82) is 0 Å². The zero-order valence-corrected chi connectivity index (χ0v) is 12.1. The molecular weight excluding hydrogens is 258 g/mol. The van der Waals surface area contributed by atoms with Crippen molar-refractivity contribution in [2.24, 2.45) is 7.05 Å². The lowest BCUT2D eigenvalue weighted by molar-refractivity contribution is 0.0891. The van der Waals surface area contributed by atoms with Crippen LogP contribution in [0.25, 0.3) is 0 Å². The zero-order chi connectivity index (χ0) is 14.7. The fraction of sp³-hybridized carbons (Fsp3) is 0.429. The van der Waals surface area contributed by atoms with Gasteiger partial charge in [0, 0.05) is 20.4 Å². The number of carbonyl (C=O) groups is 1. The Kier molecular flexibility index (Phi) is 4.24. The Morgan fingerprint density at radius 3 is 2.80 bits per heavy atom. The Morgan fingerprint density at radius 1 is 1.55 bits per heavy atom. The number of hydrogen-bond donors (Lipinski definition) is 1. The third-order valence-electron chi connectivity index (χ3n) is 3.14. The van der Waals surface area contributed by atoms with E-state index in [1.807, 2.05) is 20.0 Å². The van der Waals surface area contributed by atoms with Gasteiger partial charge in [-0.2, -0.15) is 5.10 Å². The molecule has 0 aliphatic carbocycles. The van der Waals surface area contributed by atoms with Gasteiger partial charge < -0.3 is 14.5 Å². The monoisotopic (exact) mass is 277 g/mol. The molecule has 0 aliphatic heterocycles. The number of amides is 1. The summed E-state index contributed by atoms with van der Waals surface area (Å²) in [7, 11) is 3.43. The number of hydrogen-bond acceptors (Lipinski definition) is 4. The molecule has 2 rings (SSSR count). The summed E-state index contributed by atoms with van der Waals surface area (Å²) in [6.07, 6.45) is 1.69. The fourth-order valence-corrected chi connectivity index (χ4v) is 2.19. The van der Waals surface area contributed by atoms with Gasteiger partial charge in [0.2, 0.25) is 0 Å². The van der Waals surface area contributed by atoms with Crippen LogP contribution in [0.15, 0.2) is 22.7 Å². The third kappa shape index (κ3) is 2.91. The Hall–Kier alpha value is -2.08. The second-order valence-corrected chi connectivity index (χ2v) is 4.69. The minimum atomic E-state index is -0.255. The van der Waals surface area contributed by atoms with Crippen molar-refractivity contribution in [3.63, 3.8) is 0 Å². The van der Waals surface area contributed by atoms with E-state index in [0.29, 0.717) is 17.9 Å². The van der Waals surface area contributed by atoms with Crippen molar-refractivity contribution in [3.05, 3.63) is 41.1 Å². The van der Waals surface area contributed by atoms with E-state index in [1.165, 1.54) is 0 Å². The van der Waals surface area contributed by atoms with Gasteiger partial charge in [-0.05, 0) is 26.0 Å². The first-order chi connectivity index (χ1) is 9.52. The number of furan rings is 1. The molecule has 1 N–H and O–H groups in total. The van der Waals surface area contributed by atoms with Crippen LogP contribution in [0.5, 0.6) is 0 Å². The molecule has 6 nitrogen and oxygen atoms in total. The predicted molar refractivity (Wildman–Crippen MR) is 73.5 cm³/mol. The molecule has 108 valence electrons. The van der Waals surface area contributed by atoms with Gasteiger partial charge in [0.1, 0.15) is 11.5 Å². The highest BCUT2D eigenvalue weighted by atomic mass is 16.5. The normalized spacial score (nSPS) is 12.4. The van der Waals surface area contributed by atoms with Crippen molar-refractivity contribution >= 4 is 5.91 Å². The van der Waals surface area contributed by atoms with Crippen molar-refractivity contribution < 1.29 is 13.9 Å². The zero-order valence-electron chi connectivity index (χ0n) is 12.1. The summed E-state index contributed by atoms with van der Waals surface area (Å²) in [6, 6.07) is 3.34. The van der Waals surface area contributed by atoms with Crippen molar-refractivity contribution in [3.8, 4) is 0 Å². The summed E-state index contributed by atoms with van der Waals surface area (Å²) in [5.41, 5.74) is 1.43. The molecule has 0 bridgehead atoms. The minimum absolute atomic E-state index is 0.178. The predicted octanol–water partition coefficient (Wildman–Crippen LogP) is 1.75. The molecule has 0 unspecified atom stereocenters. The van der Waals surface area contributed by atoms with E-state index in [-0.39, 0.29) is 11.9 Å². The summed E-state index contributed by atoms with van der Waals surface area (Å²) in [6.45, 7) is 3.97. The average molecular weight is 277 g/mol. The molecule has 0 radical (unpaired) electrons. The third-order valence-corrected chi connectivity index (χ3v) is 3.14. The lowest BCUT2D eigenvalue weighted by Crippen LogP contribution is -2.32. The topological polar surface area (TPSA) is 69.3 Å². The number of ether oxygens (including phenoxy) is 1. The number of methoxy groups -OCH3 is 1. The second kappa shape index (κ2) is 5.92. The van der Waals surface area contributed by atoms with Gasteiger partial charge in [-0.3, -0.25) is 9.48 Å².